The summed E-state index contributed by atoms with van der Waals surface area (Å²) in [5.41, 5.74) is 1.71. The maximum Gasteiger partial charge on any atom is 0.223 e. The first-order valence-corrected chi connectivity index (χ1v) is 8.15. The van der Waals surface area contributed by atoms with Crippen molar-refractivity contribution in [3.05, 3.63) is 63.2 Å². The first-order valence-electron chi connectivity index (χ1n) is 7.36. The van der Waals surface area contributed by atoms with E-state index in [-0.39, 0.29) is 17.3 Å². The van der Waals surface area contributed by atoms with E-state index in [9.17, 15) is 20.1 Å². The van der Waals surface area contributed by atoms with Crippen LogP contribution in [0.3, 0.4) is 0 Å². The highest BCUT2D eigenvalue weighted by molar-refractivity contribution is 9.10. The van der Waals surface area contributed by atoms with Crippen molar-refractivity contribution < 1.29 is 19.7 Å². The molecule has 0 radical (unpaired) electrons. The maximum atomic E-state index is 11.8. The van der Waals surface area contributed by atoms with Gasteiger partial charge in [0.05, 0.1) is 0 Å². The molecule has 124 valence electrons. The van der Waals surface area contributed by atoms with Crippen LogP contribution in [0.25, 0.3) is 33.4 Å². The van der Waals surface area contributed by atoms with Crippen molar-refractivity contribution in [2.75, 3.05) is 0 Å². The molecule has 25 heavy (non-hydrogen) atoms. The molecule has 2 aliphatic rings. The third-order valence-electron chi connectivity index (χ3n) is 4.04. The molecular formula is C19H11BrO5. The summed E-state index contributed by atoms with van der Waals surface area (Å²) in [5, 5.41) is 30.1. The third-order valence-corrected chi connectivity index (χ3v) is 4.73. The van der Waals surface area contributed by atoms with Gasteiger partial charge in [-0.15, -0.1) is 0 Å². The molecule has 0 amide bonds. The number of aromatic hydroxyl groups is 3. The molecule has 3 N–H and O–H groups in total. The van der Waals surface area contributed by atoms with Crippen LogP contribution >= 0.6 is 15.9 Å². The zero-order valence-corrected chi connectivity index (χ0v) is 14.2. The Balaban J connectivity index is 2.27. The van der Waals surface area contributed by atoms with Gasteiger partial charge in [-0.3, -0.25) is 4.79 Å². The monoisotopic (exact) mass is 398 g/mol. The second-order valence-electron chi connectivity index (χ2n) is 5.61. The quantitative estimate of drug-likeness (QED) is 0.325. The lowest BCUT2D eigenvalue weighted by Crippen LogP contribution is -2.01. The van der Waals surface area contributed by atoms with Gasteiger partial charge in [0, 0.05) is 33.1 Å². The molecule has 0 bridgehead atoms. The molecule has 0 saturated heterocycles. The van der Waals surface area contributed by atoms with Gasteiger partial charge in [0.15, 0.2) is 17.2 Å². The van der Waals surface area contributed by atoms with Crippen molar-refractivity contribution in [2.24, 2.45) is 0 Å². The van der Waals surface area contributed by atoms with Crippen molar-refractivity contribution in [3.63, 3.8) is 0 Å². The summed E-state index contributed by atoms with van der Waals surface area (Å²) in [4.78, 5) is 11.8. The highest BCUT2D eigenvalue weighted by atomic mass is 79.9. The molecule has 0 atom stereocenters. The molecule has 1 aliphatic heterocycles. The van der Waals surface area contributed by atoms with E-state index in [0.717, 1.165) is 10.0 Å². The van der Waals surface area contributed by atoms with E-state index in [2.05, 4.69) is 15.9 Å². The lowest BCUT2D eigenvalue weighted by atomic mass is 9.93. The van der Waals surface area contributed by atoms with Crippen LogP contribution in [0.1, 0.15) is 0 Å². The Morgan fingerprint density at radius 1 is 0.840 bits per heavy atom. The summed E-state index contributed by atoms with van der Waals surface area (Å²) < 4.78 is 6.52. The van der Waals surface area contributed by atoms with Crippen molar-refractivity contribution in [1.82, 2.24) is 0 Å². The minimum atomic E-state index is -0.559. The lowest BCUT2D eigenvalue weighted by Gasteiger charge is -2.16. The van der Waals surface area contributed by atoms with Gasteiger partial charge in [-0.2, -0.15) is 0 Å². The first-order chi connectivity index (χ1) is 12.0. The van der Waals surface area contributed by atoms with Gasteiger partial charge in [0.2, 0.25) is 5.43 Å². The Kier molecular flexibility index (Phi) is 3.43. The van der Waals surface area contributed by atoms with Crippen LogP contribution in [-0.4, -0.2) is 15.3 Å². The second-order valence-corrected chi connectivity index (χ2v) is 6.46. The molecule has 0 fully saturated rings. The van der Waals surface area contributed by atoms with Crippen molar-refractivity contribution in [1.29, 1.82) is 0 Å². The highest BCUT2D eigenvalue weighted by Gasteiger charge is 2.21. The second kappa shape index (κ2) is 5.53. The van der Waals surface area contributed by atoms with E-state index in [0.29, 0.717) is 22.1 Å². The van der Waals surface area contributed by atoms with Crippen LogP contribution < -0.4 is 5.43 Å². The summed E-state index contributed by atoms with van der Waals surface area (Å²) in [7, 11) is 0. The molecular weight excluding hydrogens is 388 g/mol. The Morgan fingerprint density at radius 3 is 2.32 bits per heavy atom. The SMILES string of the molecule is O=c1cc2oc3cc(O)c(O)cc3c(-c3ccccc3Br)c-2cc1O. The largest absolute Gasteiger partial charge is 0.504 e. The molecule has 5 nitrogen and oxygen atoms in total. The van der Waals surface area contributed by atoms with Crippen molar-refractivity contribution in [2.45, 2.75) is 0 Å². The van der Waals surface area contributed by atoms with Crippen LogP contribution in [-0.2, 0) is 0 Å². The number of rotatable bonds is 1. The van der Waals surface area contributed by atoms with Gasteiger partial charge in [-0.25, -0.2) is 0 Å². The van der Waals surface area contributed by atoms with Crippen LogP contribution in [0.15, 0.2) is 62.2 Å². The topological polar surface area (TPSA) is 90.9 Å². The molecule has 0 spiro atoms. The summed E-state index contributed by atoms with van der Waals surface area (Å²) >= 11 is 3.50. The summed E-state index contributed by atoms with van der Waals surface area (Å²) in [6, 6.07) is 12.7. The maximum absolute atomic E-state index is 11.8. The first kappa shape index (κ1) is 15.5. The normalized spacial score (nSPS) is 11.2. The number of phenols is 3. The highest BCUT2D eigenvalue weighted by Crippen LogP contribution is 2.45. The smallest absolute Gasteiger partial charge is 0.223 e. The number of halogens is 1. The van der Waals surface area contributed by atoms with Gasteiger partial charge in [-0.1, -0.05) is 34.1 Å². The number of phenolic OH excluding ortho intramolecular Hbond substituents is 3. The molecule has 2 aromatic rings. The molecule has 0 aromatic heterocycles. The third kappa shape index (κ3) is 2.42. The minimum Gasteiger partial charge on any atom is -0.504 e. The van der Waals surface area contributed by atoms with E-state index < -0.39 is 11.2 Å². The summed E-state index contributed by atoms with van der Waals surface area (Å²) in [6.07, 6.45) is 0. The standard InChI is InChI=1S/C19H11BrO5/c20-12-4-2-1-3-9(12)19-10-5-13(21)15(23)7-17(10)25-18-8-16(24)14(22)6-11(18)19/h1-8,21-23H. The molecule has 6 heteroatoms. The fraction of sp³-hybridized carbons (Fsp3) is 0. The molecule has 2 aromatic carbocycles. The van der Waals surface area contributed by atoms with Gasteiger partial charge in [0.1, 0.15) is 11.3 Å². The van der Waals surface area contributed by atoms with E-state index in [4.69, 9.17) is 4.42 Å². The average molecular weight is 399 g/mol. The predicted molar refractivity (Wildman–Crippen MR) is 97.2 cm³/mol. The lowest BCUT2D eigenvalue weighted by molar-refractivity contribution is 0.404. The molecule has 4 rings (SSSR count). The molecule has 1 aliphatic carbocycles. The number of hydrogen-bond donors (Lipinski definition) is 3. The number of hydrogen-bond acceptors (Lipinski definition) is 5. The molecule has 1 heterocycles. The van der Waals surface area contributed by atoms with Crippen LogP contribution in [0, 0.1) is 0 Å². The van der Waals surface area contributed by atoms with E-state index >= 15 is 0 Å². The van der Waals surface area contributed by atoms with Gasteiger partial charge < -0.3 is 19.7 Å². The Morgan fingerprint density at radius 2 is 1.56 bits per heavy atom. The van der Waals surface area contributed by atoms with Crippen LogP contribution in [0.4, 0.5) is 0 Å². The van der Waals surface area contributed by atoms with Gasteiger partial charge in [0.25, 0.3) is 0 Å². The zero-order valence-electron chi connectivity index (χ0n) is 12.7. The molecule has 0 unspecified atom stereocenters. The Bertz CT molecular complexity index is 1160. The molecule has 0 saturated carbocycles. The van der Waals surface area contributed by atoms with Crippen LogP contribution in [0.2, 0.25) is 0 Å². The summed E-state index contributed by atoms with van der Waals surface area (Å²) in [6.45, 7) is 0. The van der Waals surface area contributed by atoms with E-state index in [1.165, 1.54) is 24.3 Å². The Labute approximate surface area is 149 Å². The zero-order chi connectivity index (χ0) is 17.7. The number of benzene rings is 3. The van der Waals surface area contributed by atoms with E-state index in [1.807, 2.05) is 24.3 Å². The average Bonchev–Trinajstić information content (AvgIpc) is 2.57. The van der Waals surface area contributed by atoms with Crippen molar-refractivity contribution in [3.8, 4) is 39.7 Å². The minimum absolute atomic E-state index is 0.270. The fourth-order valence-corrected chi connectivity index (χ4v) is 3.37. The van der Waals surface area contributed by atoms with Crippen LogP contribution in [0.5, 0.6) is 17.2 Å². The fourth-order valence-electron chi connectivity index (χ4n) is 2.88. The Hall–Kier alpha value is -2.99. The van der Waals surface area contributed by atoms with Gasteiger partial charge >= 0.3 is 0 Å². The number of fused-ring (bicyclic) bond motifs is 2. The predicted octanol–water partition coefficient (Wildman–Crippen LogP) is 4.44. The van der Waals surface area contributed by atoms with Gasteiger partial charge in [-0.05, 0) is 23.8 Å². The summed E-state index contributed by atoms with van der Waals surface area (Å²) in [5.74, 6) is -0.737. The van der Waals surface area contributed by atoms with E-state index in [1.54, 1.807) is 0 Å². The van der Waals surface area contributed by atoms with Crippen molar-refractivity contribution >= 4 is 26.9 Å².